The fraction of sp³-hybridized carbons (Fsp3) is 0.133. The number of hydrogen-bond donors (Lipinski definition) is 2. The van der Waals surface area contributed by atoms with E-state index in [1.165, 1.54) is 19.2 Å². The molecule has 110 valence electrons. The van der Waals surface area contributed by atoms with Crippen LogP contribution in [0.3, 0.4) is 0 Å². The van der Waals surface area contributed by atoms with Crippen molar-refractivity contribution < 1.29 is 24.5 Å². The lowest BCUT2D eigenvalue weighted by molar-refractivity contribution is 0.0694. The number of carboxylic acid groups (broad SMARTS) is 1. The monoisotopic (exact) mass is 352 g/mol. The molecule has 0 amide bonds. The molecule has 0 fully saturated rings. The molecule has 2 rings (SSSR count). The van der Waals surface area contributed by atoms with Crippen LogP contribution >= 0.6 is 15.9 Å². The number of carboxylic acids is 1. The number of rotatable bonds is 4. The Labute approximate surface area is 129 Å². The van der Waals surface area contributed by atoms with Crippen LogP contribution in [0.2, 0.25) is 0 Å². The number of ether oxygens (including phenoxy) is 2. The van der Waals surface area contributed by atoms with Gasteiger partial charge in [-0.15, -0.1) is 0 Å². The van der Waals surface area contributed by atoms with Crippen LogP contribution in [-0.2, 0) is 0 Å². The van der Waals surface area contributed by atoms with Gasteiger partial charge in [0, 0.05) is 5.56 Å². The number of carbonyl (C=O) groups is 1. The lowest BCUT2D eigenvalue weighted by atomic mass is 10.0. The first-order chi connectivity index (χ1) is 9.99. The summed E-state index contributed by atoms with van der Waals surface area (Å²) in [6.07, 6.45) is 0. The predicted molar refractivity (Wildman–Crippen MR) is 81.3 cm³/mol. The van der Waals surface area contributed by atoms with Gasteiger partial charge < -0.3 is 19.7 Å². The second kappa shape index (κ2) is 6.05. The molecular formula is C15H13BrO5. The third-order valence-corrected chi connectivity index (χ3v) is 3.77. The third kappa shape index (κ3) is 2.80. The van der Waals surface area contributed by atoms with Crippen molar-refractivity contribution in [3.05, 3.63) is 40.4 Å². The molecule has 0 saturated carbocycles. The highest BCUT2D eigenvalue weighted by Gasteiger charge is 2.17. The molecule has 21 heavy (non-hydrogen) atoms. The minimum atomic E-state index is -1.19. The van der Waals surface area contributed by atoms with Crippen molar-refractivity contribution in [2.75, 3.05) is 14.2 Å². The lowest BCUT2D eigenvalue weighted by Gasteiger charge is -2.14. The van der Waals surface area contributed by atoms with Gasteiger partial charge in [-0.05, 0) is 45.8 Å². The second-order valence-corrected chi connectivity index (χ2v) is 4.99. The Morgan fingerprint density at radius 3 is 2.43 bits per heavy atom. The molecule has 0 atom stereocenters. The van der Waals surface area contributed by atoms with Gasteiger partial charge in [0.15, 0.2) is 0 Å². The van der Waals surface area contributed by atoms with E-state index in [1.807, 2.05) is 0 Å². The van der Waals surface area contributed by atoms with Crippen molar-refractivity contribution >= 4 is 21.9 Å². The molecule has 0 radical (unpaired) electrons. The summed E-state index contributed by atoms with van der Waals surface area (Å²) < 4.78 is 11.2. The van der Waals surface area contributed by atoms with E-state index in [9.17, 15) is 9.90 Å². The highest BCUT2D eigenvalue weighted by atomic mass is 79.9. The maximum Gasteiger partial charge on any atom is 0.339 e. The number of aromatic hydroxyl groups is 1. The highest BCUT2D eigenvalue weighted by Crippen LogP contribution is 2.42. The minimum Gasteiger partial charge on any atom is -0.507 e. The van der Waals surface area contributed by atoms with Crippen molar-refractivity contribution in [1.29, 1.82) is 0 Å². The van der Waals surface area contributed by atoms with E-state index in [-0.39, 0.29) is 11.3 Å². The van der Waals surface area contributed by atoms with E-state index in [2.05, 4.69) is 15.9 Å². The van der Waals surface area contributed by atoms with Crippen LogP contribution in [0.1, 0.15) is 10.4 Å². The van der Waals surface area contributed by atoms with E-state index in [1.54, 1.807) is 25.3 Å². The molecule has 6 heteroatoms. The molecular weight excluding hydrogens is 340 g/mol. The van der Waals surface area contributed by atoms with Crippen molar-refractivity contribution in [3.63, 3.8) is 0 Å². The zero-order valence-corrected chi connectivity index (χ0v) is 13.0. The van der Waals surface area contributed by atoms with Gasteiger partial charge in [0.1, 0.15) is 27.3 Å². The first kappa shape index (κ1) is 15.2. The molecule has 0 saturated heterocycles. The summed E-state index contributed by atoms with van der Waals surface area (Å²) in [4.78, 5) is 11.1. The summed E-state index contributed by atoms with van der Waals surface area (Å²) in [6, 6.07) is 7.87. The topological polar surface area (TPSA) is 76.0 Å². The average molecular weight is 353 g/mol. The highest BCUT2D eigenvalue weighted by molar-refractivity contribution is 9.10. The van der Waals surface area contributed by atoms with Crippen LogP contribution in [0, 0.1) is 0 Å². The van der Waals surface area contributed by atoms with E-state index >= 15 is 0 Å². The van der Waals surface area contributed by atoms with E-state index in [0.29, 0.717) is 27.1 Å². The van der Waals surface area contributed by atoms with Crippen LogP contribution in [0.4, 0.5) is 0 Å². The van der Waals surface area contributed by atoms with Gasteiger partial charge in [0.25, 0.3) is 0 Å². The lowest BCUT2D eigenvalue weighted by Crippen LogP contribution is -1.98. The smallest absolute Gasteiger partial charge is 0.339 e. The maximum absolute atomic E-state index is 11.1. The molecule has 5 nitrogen and oxygen atoms in total. The summed E-state index contributed by atoms with van der Waals surface area (Å²) >= 11 is 3.40. The zero-order chi connectivity index (χ0) is 15.6. The van der Waals surface area contributed by atoms with E-state index in [4.69, 9.17) is 14.6 Å². The third-order valence-electron chi connectivity index (χ3n) is 3.02. The number of benzene rings is 2. The minimum absolute atomic E-state index is 0.165. The van der Waals surface area contributed by atoms with Crippen LogP contribution < -0.4 is 9.47 Å². The van der Waals surface area contributed by atoms with Gasteiger partial charge in [-0.2, -0.15) is 0 Å². The standard InChI is InChI=1S/C15H13BrO5/c1-20-12-6-4-9(14(21-2)13(12)16)8-3-5-11(17)10(7-8)15(18)19/h3-7,17H,1-2H3,(H,18,19). The Hall–Kier alpha value is -2.21. The molecule has 0 aliphatic rings. The molecule has 2 N–H and O–H groups in total. The van der Waals surface area contributed by atoms with Gasteiger partial charge in [0.2, 0.25) is 0 Å². The van der Waals surface area contributed by atoms with Crippen LogP contribution in [-0.4, -0.2) is 30.4 Å². The molecule has 0 aliphatic carbocycles. The van der Waals surface area contributed by atoms with Gasteiger partial charge in [0.05, 0.1) is 14.2 Å². The fourth-order valence-electron chi connectivity index (χ4n) is 2.00. The van der Waals surface area contributed by atoms with Crippen LogP contribution in [0.25, 0.3) is 11.1 Å². The predicted octanol–water partition coefficient (Wildman–Crippen LogP) is 3.54. The quantitative estimate of drug-likeness (QED) is 0.879. The Morgan fingerprint density at radius 2 is 1.86 bits per heavy atom. The summed E-state index contributed by atoms with van der Waals surface area (Å²) in [7, 11) is 3.06. The molecule has 2 aromatic carbocycles. The van der Waals surface area contributed by atoms with Gasteiger partial charge >= 0.3 is 5.97 Å². The van der Waals surface area contributed by atoms with Crippen molar-refractivity contribution in [2.24, 2.45) is 0 Å². The molecule has 0 bridgehead atoms. The van der Waals surface area contributed by atoms with Crippen LogP contribution in [0.5, 0.6) is 17.2 Å². The number of methoxy groups -OCH3 is 2. The second-order valence-electron chi connectivity index (χ2n) is 4.20. The molecule has 2 aromatic rings. The van der Waals surface area contributed by atoms with Crippen molar-refractivity contribution in [3.8, 4) is 28.4 Å². The largest absolute Gasteiger partial charge is 0.507 e. The zero-order valence-electron chi connectivity index (χ0n) is 11.4. The number of phenols is 1. The Balaban J connectivity index is 2.64. The molecule has 0 aliphatic heterocycles. The Bertz CT molecular complexity index is 697. The first-order valence-corrected chi connectivity index (χ1v) is 6.76. The Morgan fingerprint density at radius 1 is 1.14 bits per heavy atom. The first-order valence-electron chi connectivity index (χ1n) is 5.96. The summed E-state index contributed by atoms with van der Waals surface area (Å²) in [5.74, 6) is -0.345. The fourth-order valence-corrected chi connectivity index (χ4v) is 2.67. The molecule has 0 heterocycles. The van der Waals surface area contributed by atoms with Gasteiger partial charge in [-0.1, -0.05) is 6.07 Å². The average Bonchev–Trinajstić information content (AvgIpc) is 2.47. The van der Waals surface area contributed by atoms with E-state index < -0.39 is 5.97 Å². The SMILES string of the molecule is COc1ccc(-c2ccc(O)c(C(=O)O)c2)c(OC)c1Br. The van der Waals surface area contributed by atoms with Gasteiger partial charge in [-0.3, -0.25) is 0 Å². The normalized spacial score (nSPS) is 10.2. The van der Waals surface area contributed by atoms with Crippen LogP contribution in [0.15, 0.2) is 34.8 Å². The molecule has 0 aromatic heterocycles. The number of hydrogen-bond acceptors (Lipinski definition) is 4. The van der Waals surface area contributed by atoms with Crippen molar-refractivity contribution in [2.45, 2.75) is 0 Å². The maximum atomic E-state index is 11.1. The summed E-state index contributed by atoms with van der Waals surface area (Å²) in [5, 5.41) is 18.7. The van der Waals surface area contributed by atoms with Gasteiger partial charge in [-0.25, -0.2) is 4.79 Å². The number of halogens is 1. The molecule has 0 spiro atoms. The summed E-state index contributed by atoms with van der Waals surface area (Å²) in [6.45, 7) is 0. The van der Waals surface area contributed by atoms with E-state index in [0.717, 1.165) is 0 Å². The Kier molecular flexibility index (Phi) is 4.37. The summed E-state index contributed by atoms with van der Waals surface area (Å²) in [5.41, 5.74) is 1.14. The number of aromatic carboxylic acids is 1. The van der Waals surface area contributed by atoms with Crippen molar-refractivity contribution in [1.82, 2.24) is 0 Å². The molecule has 0 unspecified atom stereocenters.